The number of nitrogens with one attached hydrogen (secondary N) is 1. The Hall–Kier alpha value is -0.650. The quantitative estimate of drug-likeness (QED) is 0.801. The fraction of sp³-hybridized carbons (Fsp3) is 0.923. The number of hydrogen-bond donors (Lipinski definition) is 2. The lowest BCUT2D eigenvalue weighted by atomic mass is 9.85. The third-order valence-electron chi connectivity index (χ3n) is 2.58. The number of hydrogen-bond acceptors (Lipinski definition) is 4. The van der Waals surface area contributed by atoms with Crippen molar-refractivity contribution in [1.29, 1.82) is 0 Å². The molecule has 1 aliphatic rings. The van der Waals surface area contributed by atoms with Crippen LogP contribution in [-0.4, -0.2) is 37.5 Å². The molecule has 0 aromatic rings. The molecule has 3 N–H and O–H groups in total. The van der Waals surface area contributed by atoms with Gasteiger partial charge in [0.05, 0.1) is 6.61 Å². The van der Waals surface area contributed by atoms with Crippen molar-refractivity contribution in [2.24, 2.45) is 11.1 Å². The second kappa shape index (κ2) is 7.07. The van der Waals surface area contributed by atoms with Gasteiger partial charge in [0.2, 0.25) is 5.91 Å². The standard InChI is InChI=1S/C11H22N2O3.C2H6/c1-10(2)7-15-11(3,4)16-8(10)9(14)13-6-5-12;1-2/h8H,5-7,12H2,1-4H3,(H,13,14);1-2H3. The second-order valence-electron chi connectivity index (χ2n) is 5.25. The predicted octanol–water partition coefficient (Wildman–Crippen LogP) is 1.27. The van der Waals surface area contributed by atoms with Crippen LogP contribution in [0, 0.1) is 5.41 Å². The SMILES string of the molecule is CC.CC1(C)OCC(C)(C)C(C(=O)NCCN)O1. The predicted molar refractivity (Wildman–Crippen MR) is 72.1 cm³/mol. The third kappa shape index (κ3) is 4.92. The lowest BCUT2D eigenvalue weighted by Crippen LogP contribution is -2.56. The van der Waals surface area contributed by atoms with Gasteiger partial charge in [-0.05, 0) is 13.8 Å². The van der Waals surface area contributed by atoms with Gasteiger partial charge < -0.3 is 20.5 Å². The van der Waals surface area contributed by atoms with Crippen molar-refractivity contribution in [3.8, 4) is 0 Å². The van der Waals surface area contributed by atoms with E-state index in [1.54, 1.807) is 0 Å². The minimum atomic E-state index is -0.708. The lowest BCUT2D eigenvalue weighted by molar-refractivity contribution is -0.304. The van der Waals surface area contributed by atoms with Crippen molar-refractivity contribution in [1.82, 2.24) is 5.32 Å². The van der Waals surface area contributed by atoms with E-state index in [4.69, 9.17) is 15.2 Å². The van der Waals surface area contributed by atoms with Crippen molar-refractivity contribution in [3.05, 3.63) is 0 Å². The normalized spacial score (nSPS) is 24.7. The maximum atomic E-state index is 11.9. The van der Waals surface area contributed by atoms with Gasteiger partial charge in [-0.1, -0.05) is 27.7 Å². The molecular formula is C13H28N2O3. The van der Waals surface area contributed by atoms with Crippen molar-refractivity contribution in [2.75, 3.05) is 19.7 Å². The summed E-state index contributed by atoms with van der Waals surface area (Å²) in [5.41, 5.74) is 5.02. The molecule has 1 rings (SSSR count). The minimum Gasteiger partial charge on any atom is -0.353 e. The summed E-state index contributed by atoms with van der Waals surface area (Å²) in [4.78, 5) is 11.9. The second-order valence-corrected chi connectivity index (χ2v) is 5.25. The molecule has 1 aliphatic heterocycles. The first-order valence-electron chi connectivity index (χ1n) is 6.58. The summed E-state index contributed by atoms with van der Waals surface area (Å²) < 4.78 is 11.2. The Kier molecular flexibility index (Phi) is 6.81. The van der Waals surface area contributed by atoms with E-state index in [2.05, 4.69) is 5.32 Å². The molecule has 0 bridgehead atoms. The van der Waals surface area contributed by atoms with Crippen LogP contribution in [-0.2, 0) is 14.3 Å². The molecule has 5 heteroatoms. The van der Waals surface area contributed by atoms with Gasteiger partial charge in [0.15, 0.2) is 5.79 Å². The van der Waals surface area contributed by atoms with Gasteiger partial charge in [-0.15, -0.1) is 0 Å². The highest BCUT2D eigenvalue weighted by molar-refractivity contribution is 5.81. The van der Waals surface area contributed by atoms with Gasteiger partial charge >= 0.3 is 0 Å². The highest BCUT2D eigenvalue weighted by Gasteiger charge is 2.45. The Balaban J connectivity index is 0.00000137. The van der Waals surface area contributed by atoms with Crippen molar-refractivity contribution >= 4 is 5.91 Å². The molecule has 1 fully saturated rings. The Morgan fingerprint density at radius 2 is 1.89 bits per heavy atom. The van der Waals surface area contributed by atoms with Gasteiger partial charge in [-0.3, -0.25) is 4.79 Å². The number of rotatable bonds is 3. The van der Waals surface area contributed by atoms with Crippen molar-refractivity contribution in [3.63, 3.8) is 0 Å². The fourth-order valence-corrected chi connectivity index (χ4v) is 1.61. The number of ether oxygens (including phenoxy) is 2. The molecule has 1 atom stereocenters. The van der Waals surface area contributed by atoms with Crippen LogP contribution in [0.2, 0.25) is 0 Å². The number of nitrogens with two attached hydrogens (primary N) is 1. The van der Waals surface area contributed by atoms with Crippen LogP contribution < -0.4 is 11.1 Å². The van der Waals surface area contributed by atoms with E-state index in [1.807, 2.05) is 41.5 Å². The number of carbonyl (C=O) groups is 1. The molecule has 108 valence electrons. The zero-order valence-corrected chi connectivity index (χ0v) is 12.5. The average Bonchev–Trinajstić information content (AvgIpc) is 2.32. The molecule has 5 nitrogen and oxygen atoms in total. The molecule has 0 spiro atoms. The largest absolute Gasteiger partial charge is 0.353 e. The molecule has 0 radical (unpaired) electrons. The zero-order valence-electron chi connectivity index (χ0n) is 12.5. The minimum absolute atomic E-state index is 0.119. The van der Waals surface area contributed by atoms with E-state index >= 15 is 0 Å². The first-order valence-corrected chi connectivity index (χ1v) is 6.58. The van der Waals surface area contributed by atoms with E-state index in [0.717, 1.165) is 0 Å². The van der Waals surface area contributed by atoms with Gasteiger partial charge in [0.1, 0.15) is 6.10 Å². The highest BCUT2D eigenvalue weighted by Crippen LogP contribution is 2.34. The van der Waals surface area contributed by atoms with E-state index in [1.165, 1.54) is 0 Å². The van der Waals surface area contributed by atoms with Gasteiger partial charge in [-0.2, -0.15) is 0 Å². The van der Waals surface area contributed by atoms with Crippen LogP contribution in [0.4, 0.5) is 0 Å². The average molecular weight is 260 g/mol. The van der Waals surface area contributed by atoms with Crippen molar-refractivity contribution < 1.29 is 14.3 Å². The molecule has 0 aromatic heterocycles. The molecule has 1 saturated heterocycles. The first kappa shape index (κ1) is 17.4. The van der Waals surface area contributed by atoms with Crippen LogP contribution in [0.5, 0.6) is 0 Å². The summed E-state index contributed by atoms with van der Waals surface area (Å²) in [6, 6.07) is 0. The van der Waals surface area contributed by atoms with Gasteiger partial charge in [0.25, 0.3) is 0 Å². The maximum absolute atomic E-state index is 11.9. The van der Waals surface area contributed by atoms with Gasteiger partial charge in [0, 0.05) is 18.5 Å². The Labute approximate surface area is 110 Å². The van der Waals surface area contributed by atoms with E-state index in [9.17, 15) is 4.79 Å². The Morgan fingerprint density at radius 1 is 1.33 bits per heavy atom. The molecule has 18 heavy (non-hydrogen) atoms. The summed E-state index contributed by atoms with van der Waals surface area (Å²) >= 11 is 0. The van der Waals surface area contributed by atoms with Gasteiger partial charge in [-0.25, -0.2) is 0 Å². The van der Waals surface area contributed by atoms with Crippen LogP contribution >= 0.6 is 0 Å². The van der Waals surface area contributed by atoms with Crippen LogP contribution in [0.3, 0.4) is 0 Å². The molecule has 0 aromatic carbocycles. The maximum Gasteiger partial charge on any atom is 0.249 e. The summed E-state index contributed by atoms with van der Waals surface area (Å²) in [5.74, 6) is -0.827. The lowest BCUT2D eigenvalue weighted by Gasteiger charge is -2.44. The Morgan fingerprint density at radius 3 is 2.39 bits per heavy atom. The molecular weight excluding hydrogens is 232 g/mol. The van der Waals surface area contributed by atoms with E-state index < -0.39 is 11.9 Å². The van der Waals surface area contributed by atoms with E-state index in [-0.39, 0.29) is 11.3 Å². The van der Waals surface area contributed by atoms with Crippen LogP contribution in [0.1, 0.15) is 41.5 Å². The molecule has 0 saturated carbocycles. The van der Waals surface area contributed by atoms with Crippen molar-refractivity contribution in [2.45, 2.75) is 53.4 Å². The topological polar surface area (TPSA) is 73.6 Å². The smallest absolute Gasteiger partial charge is 0.249 e. The van der Waals surface area contributed by atoms with Crippen LogP contribution in [0.15, 0.2) is 0 Å². The van der Waals surface area contributed by atoms with E-state index in [0.29, 0.717) is 19.7 Å². The number of carbonyl (C=O) groups excluding carboxylic acids is 1. The fourth-order valence-electron chi connectivity index (χ4n) is 1.61. The molecule has 1 amide bonds. The third-order valence-corrected chi connectivity index (χ3v) is 2.58. The summed E-state index contributed by atoms with van der Waals surface area (Å²) in [6.07, 6.45) is -0.497. The Bertz CT molecular complexity index is 265. The monoisotopic (exact) mass is 260 g/mol. The zero-order chi connectivity index (χ0) is 14.4. The molecule has 0 aliphatic carbocycles. The highest BCUT2D eigenvalue weighted by atomic mass is 16.7. The summed E-state index contributed by atoms with van der Waals surface area (Å²) in [5, 5.41) is 2.75. The van der Waals surface area contributed by atoms with Crippen LogP contribution in [0.25, 0.3) is 0 Å². The number of amides is 1. The first-order chi connectivity index (χ1) is 8.28. The summed E-state index contributed by atoms with van der Waals surface area (Å²) in [6.45, 7) is 12.9. The molecule has 1 unspecified atom stereocenters. The summed E-state index contributed by atoms with van der Waals surface area (Å²) in [7, 11) is 0. The molecule has 1 heterocycles.